The predicted molar refractivity (Wildman–Crippen MR) is 44.4 cm³/mol. The first-order valence-electron chi connectivity index (χ1n) is 3.48. The third kappa shape index (κ3) is 2.45. The van der Waals surface area contributed by atoms with E-state index in [0.29, 0.717) is 5.92 Å². The summed E-state index contributed by atoms with van der Waals surface area (Å²) >= 11 is 0. The van der Waals surface area contributed by atoms with Crippen molar-refractivity contribution in [1.29, 1.82) is 0 Å². The van der Waals surface area contributed by atoms with E-state index >= 15 is 0 Å². The molecule has 10 heavy (non-hydrogen) atoms. The zero-order valence-corrected chi connectivity index (χ0v) is 7.41. The number of rotatable bonds is 1. The molecule has 1 rings (SSSR count). The van der Waals surface area contributed by atoms with Crippen molar-refractivity contribution >= 4 is 12.4 Å². The minimum absolute atomic E-state index is 0. The molecular formula is C7H16ClNO. The summed E-state index contributed by atoms with van der Waals surface area (Å²) in [6.45, 7) is 5.85. The summed E-state index contributed by atoms with van der Waals surface area (Å²) in [4.78, 5) is 0. The Hall–Kier alpha value is 0.210. The Morgan fingerprint density at radius 1 is 1.60 bits per heavy atom. The predicted octanol–water partition coefficient (Wildman–Crippen LogP) is 1.18. The number of ether oxygens (including phenoxy) is 1. The van der Waals surface area contributed by atoms with E-state index in [1.54, 1.807) is 0 Å². The van der Waals surface area contributed by atoms with Crippen molar-refractivity contribution in [2.24, 2.45) is 11.7 Å². The lowest BCUT2D eigenvalue weighted by Crippen LogP contribution is -2.18. The number of halogens is 1. The van der Waals surface area contributed by atoms with E-state index in [-0.39, 0.29) is 18.0 Å². The zero-order chi connectivity index (χ0) is 6.91. The largest absolute Gasteiger partial charge is 0.375 e. The minimum Gasteiger partial charge on any atom is -0.375 e. The highest BCUT2D eigenvalue weighted by Gasteiger charge is 2.30. The normalized spacial score (nSPS) is 29.7. The molecule has 0 amide bonds. The van der Waals surface area contributed by atoms with Crippen LogP contribution >= 0.6 is 12.4 Å². The highest BCUT2D eigenvalue weighted by Crippen LogP contribution is 2.27. The fourth-order valence-electron chi connectivity index (χ4n) is 1.31. The number of hydrogen-bond donors (Lipinski definition) is 1. The lowest BCUT2D eigenvalue weighted by Gasteiger charge is -2.15. The first-order valence-corrected chi connectivity index (χ1v) is 3.48. The maximum atomic E-state index is 5.47. The summed E-state index contributed by atoms with van der Waals surface area (Å²) in [5.41, 5.74) is 5.56. The molecule has 1 heterocycles. The monoisotopic (exact) mass is 165 g/mol. The van der Waals surface area contributed by atoms with E-state index in [2.05, 4.69) is 13.8 Å². The van der Waals surface area contributed by atoms with E-state index < -0.39 is 0 Å². The van der Waals surface area contributed by atoms with Gasteiger partial charge in [0.15, 0.2) is 0 Å². The second-order valence-electron chi connectivity index (χ2n) is 3.38. The molecule has 0 aromatic rings. The summed E-state index contributed by atoms with van der Waals surface area (Å²) in [6, 6.07) is 0. The fourth-order valence-corrected chi connectivity index (χ4v) is 1.31. The Balaban J connectivity index is 0.000000810. The van der Waals surface area contributed by atoms with Gasteiger partial charge < -0.3 is 10.5 Å². The Morgan fingerprint density at radius 2 is 2.20 bits per heavy atom. The highest BCUT2D eigenvalue weighted by molar-refractivity contribution is 5.85. The van der Waals surface area contributed by atoms with Gasteiger partial charge >= 0.3 is 0 Å². The SMILES string of the molecule is CC1(C)CC(CN)CO1.Cl. The molecule has 3 heteroatoms. The van der Waals surface area contributed by atoms with Crippen LogP contribution in [-0.4, -0.2) is 18.8 Å². The second-order valence-corrected chi connectivity index (χ2v) is 3.38. The first-order chi connectivity index (χ1) is 4.14. The Morgan fingerprint density at radius 3 is 2.40 bits per heavy atom. The molecule has 0 aliphatic carbocycles. The summed E-state index contributed by atoms with van der Waals surface area (Å²) in [5, 5.41) is 0. The first kappa shape index (κ1) is 10.2. The van der Waals surface area contributed by atoms with Crippen molar-refractivity contribution in [2.45, 2.75) is 25.9 Å². The van der Waals surface area contributed by atoms with Crippen molar-refractivity contribution in [2.75, 3.05) is 13.2 Å². The molecule has 2 N–H and O–H groups in total. The van der Waals surface area contributed by atoms with Gasteiger partial charge in [0.2, 0.25) is 0 Å². The topological polar surface area (TPSA) is 35.2 Å². The highest BCUT2D eigenvalue weighted by atomic mass is 35.5. The van der Waals surface area contributed by atoms with Crippen LogP contribution in [0.4, 0.5) is 0 Å². The fraction of sp³-hybridized carbons (Fsp3) is 1.00. The van der Waals surface area contributed by atoms with Crippen molar-refractivity contribution in [3.63, 3.8) is 0 Å². The van der Waals surface area contributed by atoms with Crippen molar-refractivity contribution in [1.82, 2.24) is 0 Å². The lowest BCUT2D eigenvalue weighted by molar-refractivity contribution is 0.0352. The molecule has 2 nitrogen and oxygen atoms in total. The zero-order valence-electron chi connectivity index (χ0n) is 6.59. The average Bonchev–Trinajstić information content (AvgIpc) is 2.10. The van der Waals surface area contributed by atoms with Crippen molar-refractivity contribution in [3.8, 4) is 0 Å². The van der Waals surface area contributed by atoms with Crippen LogP contribution in [0.5, 0.6) is 0 Å². The minimum atomic E-state index is 0. The van der Waals surface area contributed by atoms with Crippen LogP contribution in [0.1, 0.15) is 20.3 Å². The summed E-state index contributed by atoms with van der Waals surface area (Å²) in [6.07, 6.45) is 1.11. The quantitative estimate of drug-likeness (QED) is 0.634. The smallest absolute Gasteiger partial charge is 0.0630 e. The molecule has 1 saturated heterocycles. The Labute approximate surface area is 68.5 Å². The van der Waals surface area contributed by atoms with Crippen molar-refractivity contribution in [3.05, 3.63) is 0 Å². The summed E-state index contributed by atoms with van der Waals surface area (Å²) in [5.74, 6) is 0.597. The molecule has 62 valence electrons. The number of hydrogen-bond acceptors (Lipinski definition) is 2. The van der Waals surface area contributed by atoms with Gasteiger partial charge in [-0.05, 0) is 32.7 Å². The lowest BCUT2D eigenvalue weighted by atomic mass is 9.98. The standard InChI is InChI=1S/C7H15NO.ClH/c1-7(2)3-6(4-8)5-9-7;/h6H,3-5,8H2,1-2H3;1H. The van der Waals surface area contributed by atoms with Crippen LogP contribution in [0.2, 0.25) is 0 Å². The van der Waals surface area contributed by atoms with Gasteiger partial charge in [0.05, 0.1) is 12.2 Å². The number of nitrogens with two attached hydrogens (primary N) is 1. The molecule has 0 saturated carbocycles. The molecule has 1 unspecified atom stereocenters. The van der Waals surface area contributed by atoms with Crippen LogP contribution in [0.3, 0.4) is 0 Å². The van der Waals surface area contributed by atoms with Crippen LogP contribution < -0.4 is 5.73 Å². The Bertz CT molecular complexity index is 106. The van der Waals surface area contributed by atoms with E-state index in [1.807, 2.05) is 0 Å². The van der Waals surface area contributed by atoms with Crippen molar-refractivity contribution < 1.29 is 4.74 Å². The molecule has 1 aliphatic rings. The van der Waals surface area contributed by atoms with Gasteiger partial charge in [-0.1, -0.05) is 0 Å². The van der Waals surface area contributed by atoms with Crippen LogP contribution in [0.25, 0.3) is 0 Å². The van der Waals surface area contributed by atoms with E-state index in [4.69, 9.17) is 10.5 Å². The van der Waals surface area contributed by atoms with E-state index in [9.17, 15) is 0 Å². The van der Waals surface area contributed by atoms with Gasteiger partial charge in [0, 0.05) is 0 Å². The van der Waals surface area contributed by atoms with Crippen LogP contribution in [0, 0.1) is 5.92 Å². The molecule has 1 fully saturated rings. The Kier molecular flexibility index (Phi) is 3.63. The van der Waals surface area contributed by atoms with Crippen LogP contribution in [0.15, 0.2) is 0 Å². The molecule has 1 atom stereocenters. The third-order valence-corrected chi connectivity index (χ3v) is 1.82. The molecular weight excluding hydrogens is 150 g/mol. The van der Waals surface area contributed by atoms with Gasteiger partial charge in [-0.3, -0.25) is 0 Å². The van der Waals surface area contributed by atoms with Gasteiger partial charge in [-0.15, -0.1) is 12.4 Å². The van der Waals surface area contributed by atoms with Gasteiger partial charge in [-0.25, -0.2) is 0 Å². The van der Waals surface area contributed by atoms with Gasteiger partial charge in [0.1, 0.15) is 0 Å². The molecule has 0 bridgehead atoms. The average molecular weight is 166 g/mol. The van der Waals surface area contributed by atoms with E-state index in [1.165, 1.54) is 0 Å². The van der Waals surface area contributed by atoms with Gasteiger partial charge in [-0.2, -0.15) is 0 Å². The summed E-state index contributed by atoms with van der Waals surface area (Å²) in [7, 11) is 0. The van der Waals surface area contributed by atoms with Crippen LogP contribution in [-0.2, 0) is 4.74 Å². The molecule has 0 aromatic carbocycles. The maximum Gasteiger partial charge on any atom is 0.0630 e. The molecule has 0 spiro atoms. The third-order valence-electron chi connectivity index (χ3n) is 1.82. The molecule has 0 radical (unpaired) electrons. The molecule has 0 aromatic heterocycles. The maximum absolute atomic E-state index is 5.47. The van der Waals surface area contributed by atoms with E-state index in [0.717, 1.165) is 19.6 Å². The molecule has 1 aliphatic heterocycles. The summed E-state index contributed by atoms with van der Waals surface area (Å²) < 4.78 is 5.46. The van der Waals surface area contributed by atoms with Gasteiger partial charge in [0.25, 0.3) is 0 Å². The second kappa shape index (κ2) is 3.56.